The van der Waals surface area contributed by atoms with Crippen LogP contribution in [0.5, 0.6) is 11.5 Å². The molecule has 0 amide bonds. The first-order valence-electron chi connectivity index (χ1n) is 13.4. The van der Waals surface area contributed by atoms with Gasteiger partial charge in [0.05, 0.1) is 11.4 Å². The standard InChI is InChI=1S/C32H24N2O2.C5H5N.Zn/c35-31-25(15-9-17-27(31)23-11-3-1-4-12-23)21-33-29-19-7-8-20-30(29)34-22-26-16-10-18-28(32(26)36)24-13-5-2-6-14-24;1-2-4-6-5-3-1;/h1-22,35-36H;1-5H;/q;;+2/p-2. The second-order valence-electron chi connectivity index (χ2n) is 9.21. The van der Waals surface area contributed by atoms with E-state index in [0.29, 0.717) is 33.6 Å². The Morgan fingerprint density at radius 1 is 0.442 bits per heavy atom. The average molecular weight is 611 g/mol. The molecule has 0 aliphatic heterocycles. The molecule has 204 valence electrons. The molecule has 1 aromatic heterocycles. The van der Waals surface area contributed by atoms with Crippen molar-refractivity contribution in [3.63, 3.8) is 0 Å². The van der Waals surface area contributed by atoms with Gasteiger partial charge in [-0.1, -0.05) is 127 Å². The van der Waals surface area contributed by atoms with Crippen LogP contribution in [0.3, 0.4) is 0 Å². The summed E-state index contributed by atoms with van der Waals surface area (Å²) < 4.78 is 0. The first-order valence-corrected chi connectivity index (χ1v) is 13.4. The molecule has 0 aliphatic rings. The van der Waals surface area contributed by atoms with E-state index in [1.807, 2.05) is 127 Å². The van der Waals surface area contributed by atoms with Crippen molar-refractivity contribution in [1.29, 1.82) is 0 Å². The summed E-state index contributed by atoms with van der Waals surface area (Å²) in [6, 6.07) is 43.1. The summed E-state index contributed by atoms with van der Waals surface area (Å²) in [5, 5.41) is 26.0. The van der Waals surface area contributed by atoms with Crippen LogP contribution in [0.4, 0.5) is 11.4 Å². The van der Waals surface area contributed by atoms with Crippen molar-refractivity contribution in [2.45, 2.75) is 0 Å². The molecule has 6 aromatic rings. The number of rotatable bonds is 6. The van der Waals surface area contributed by atoms with Crippen molar-refractivity contribution in [3.05, 3.63) is 163 Å². The number of pyridine rings is 1. The average Bonchev–Trinajstić information content (AvgIpc) is 3.06. The maximum atomic E-state index is 13.0. The topological polar surface area (TPSA) is 83.7 Å². The number of benzene rings is 5. The number of para-hydroxylation sites is 4. The number of aliphatic imine (C=N–C) groups is 2. The molecule has 0 spiro atoms. The van der Waals surface area contributed by atoms with Gasteiger partial charge in [-0.25, -0.2) is 0 Å². The fraction of sp³-hybridized carbons (Fsp3) is 0. The van der Waals surface area contributed by atoms with Gasteiger partial charge < -0.3 is 10.2 Å². The smallest absolute Gasteiger partial charge is 0.872 e. The molecule has 0 N–H and O–H groups in total. The second kappa shape index (κ2) is 15.7. The summed E-state index contributed by atoms with van der Waals surface area (Å²) in [5.74, 6) is -0.163. The summed E-state index contributed by atoms with van der Waals surface area (Å²) in [5.41, 5.74) is 5.19. The van der Waals surface area contributed by atoms with Gasteiger partial charge in [0.25, 0.3) is 0 Å². The van der Waals surface area contributed by atoms with Crippen LogP contribution in [0.15, 0.2) is 162 Å². The zero-order chi connectivity index (χ0) is 29.0. The quantitative estimate of drug-likeness (QED) is 0.143. The van der Waals surface area contributed by atoms with Crippen molar-refractivity contribution in [2.75, 3.05) is 0 Å². The van der Waals surface area contributed by atoms with Gasteiger partial charge in [-0.3, -0.25) is 15.0 Å². The van der Waals surface area contributed by atoms with Crippen molar-refractivity contribution < 1.29 is 29.7 Å². The van der Waals surface area contributed by atoms with Crippen molar-refractivity contribution in [1.82, 2.24) is 4.98 Å². The minimum Gasteiger partial charge on any atom is -0.872 e. The molecule has 0 saturated carbocycles. The minimum absolute atomic E-state index is 0. The first-order chi connectivity index (χ1) is 20.7. The molecule has 0 fully saturated rings. The molecule has 0 unspecified atom stereocenters. The van der Waals surface area contributed by atoms with Gasteiger partial charge >= 0.3 is 19.5 Å². The molecule has 6 rings (SSSR count). The Labute approximate surface area is 264 Å². The summed E-state index contributed by atoms with van der Waals surface area (Å²) >= 11 is 0. The summed E-state index contributed by atoms with van der Waals surface area (Å²) in [4.78, 5) is 12.9. The fourth-order valence-electron chi connectivity index (χ4n) is 4.28. The number of nitrogens with zero attached hydrogens (tertiary/aromatic N) is 3. The van der Waals surface area contributed by atoms with Crippen LogP contribution >= 0.6 is 0 Å². The van der Waals surface area contributed by atoms with E-state index in [0.717, 1.165) is 11.1 Å². The molecule has 0 bridgehead atoms. The second-order valence-corrected chi connectivity index (χ2v) is 9.21. The van der Waals surface area contributed by atoms with Crippen LogP contribution in [-0.4, -0.2) is 17.4 Å². The van der Waals surface area contributed by atoms with Crippen LogP contribution in [0.1, 0.15) is 11.1 Å². The molecule has 5 aromatic carbocycles. The van der Waals surface area contributed by atoms with Gasteiger partial charge in [0, 0.05) is 24.8 Å². The first kappa shape index (κ1) is 30.8. The van der Waals surface area contributed by atoms with Crippen LogP contribution in [0, 0.1) is 0 Å². The van der Waals surface area contributed by atoms with E-state index >= 15 is 0 Å². The maximum Gasteiger partial charge on any atom is 2.00 e. The van der Waals surface area contributed by atoms with Gasteiger partial charge in [-0.2, -0.15) is 0 Å². The van der Waals surface area contributed by atoms with Crippen LogP contribution in [0.25, 0.3) is 22.3 Å². The summed E-state index contributed by atoms with van der Waals surface area (Å²) in [7, 11) is 0. The molecule has 5 nitrogen and oxygen atoms in total. The van der Waals surface area contributed by atoms with E-state index in [4.69, 9.17) is 0 Å². The zero-order valence-electron chi connectivity index (χ0n) is 23.5. The third kappa shape index (κ3) is 8.19. The maximum absolute atomic E-state index is 13.0. The molecule has 0 atom stereocenters. The van der Waals surface area contributed by atoms with Crippen molar-refractivity contribution >= 4 is 23.8 Å². The molecule has 6 heteroatoms. The van der Waals surface area contributed by atoms with Gasteiger partial charge in [-0.15, -0.1) is 0 Å². The molecule has 0 aliphatic carbocycles. The van der Waals surface area contributed by atoms with Gasteiger partial charge in [0.2, 0.25) is 0 Å². The molecular formula is C37H27N3O2Zn. The van der Waals surface area contributed by atoms with Crippen LogP contribution < -0.4 is 10.2 Å². The Morgan fingerprint density at radius 2 is 0.837 bits per heavy atom. The Balaban J connectivity index is 0.000000541. The van der Waals surface area contributed by atoms with E-state index in [2.05, 4.69) is 15.0 Å². The predicted octanol–water partition coefficient (Wildman–Crippen LogP) is 7.75. The van der Waals surface area contributed by atoms with Crippen LogP contribution in [0.2, 0.25) is 0 Å². The van der Waals surface area contributed by atoms with E-state index in [1.54, 1.807) is 37.0 Å². The molecular weight excluding hydrogens is 584 g/mol. The van der Waals surface area contributed by atoms with E-state index in [1.165, 1.54) is 0 Å². The number of aromatic nitrogens is 1. The fourth-order valence-corrected chi connectivity index (χ4v) is 4.28. The summed E-state index contributed by atoms with van der Waals surface area (Å²) in [6.45, 7) is 0. The molecule has 0 radical (unpaired) electrons. The third-order valence-corrected chi connectivity index (χ3v) is 6.39. The van der Waals surface area contributed by atoms with Gasteiger partial charge in [-0.05, 0) is 57.6 Å². The Bertz CT molecular complexity index is 1650. The minimum atomic E-state index is -0.0813. The zero-order valence-corrected chi connectivity index (χ0v) is 26.4. The van der Waals surface area contributed by atoms with Crippen molar-refractivity contribution in [3.8, 4) is 33.8 Å². The Kier molecular flexibility index (Phi) is 11.2. The molecule has 1 heterocycles. The number of hydrogen-bond acceptors (Lipinski definition) is 5. The van der Waals surface area contributed by atoms with Gasteiger partial charge in [0.15, 0.2) is 0 Å². The normalized spacial score (nSPS) is 10.6. The predicted molar refractivity (Wildman–Crippen MR) is 168 cm³/mol. The summed E-state index contributed by atoms with van der Waals surface area (Å²) in [6.07, 6.45) is 6.64. The van der Waals surface area contributed by atoms with E-state index in [9.17, 15) is 10.2 Å². The SMILES string of the molecule is [O-]c1c(C=Nc2ccccc2N=Cc2cccc(-c3ccccc3)c2[O-])cccc1-c1ccccc1.[Zn+2].c1ccncc1. The number of hydrogen-bond donors (Lipinski definition) is 0. The van der Waals surface area contributed by atoms with Crippen LogP contribution in [-0.2, 0) is 19.5 Å². The largest absolute Gasteiger partial charge is 2.00 e. The van der Waals surface area contributed by atoms with Gasteiger partial charge in [0.1, 0.15) is 0 Å². The Morgan fingerprint density at radius 3 is 1.21 bits per heavy atom. The van der Waals surface area contributed by atoms with E-state index in [-0.39, 0.29) is 31.0 Å². The van der Waals surface area contributed by atoms with Crippen molar-refractivity contribution in [2.24, 2.45) is 9.98 Å². The Hall–Kier alpha value is -5.19. The molecule has 0 saturated heterocycles. The monoisotopic (exact) mass is 609 g/mol. The van der Waals surface area contributed by atoms with E-state index < -0.39 is 0 Å². The third-order valence-electron chi connectivity index (χ3n) is 6.39. The molecule has 43 heavy (non-hydrogen) atoms.